The Morgan fingerprint density at radius 3 is 2.68 bits per heavy atom. The number of nitrogens with zero attached hydrogens (tertiary/aromatic N) is 2. The van der Waals surface area contributed by atoms with Gasteiger partial charge in [0.2, 0.25) is 0 Å². The van der Waals surface area contributed by atoms with Gasteiger partial charge in [-0.05, 0) is 31.9 Å². The smallest absolute Gasteiger partial charge is 0.308 e. The highest BCUT2D eigenvalue weighted by Gasteiger charge is 2.31. The average Bonchev–Trinajstić information content (AvgIpc) is 2.72. The van der Waals surface area contributed by atoms with Gasteiger partial charge in [-0.3, -0.25) is 9.59 Å². The summed E-state index contributed by atoms with van der Waals surface area (Å²) in [5.74, 6) is -1.80. The van der Waals surface area contributed by atoms with Crippen LogP contribution in [0.15, 0.2) is 12.1 Å². The van der Waals surface area contributed by atoms with Crippen molar-refractivity contribution in [3.05, 3.63) is 29.1 Å². The topological polar surface area (TPSA) is 103 Å². The minimum Gasteiger partial charge on any atom is -0.481 e. The highest BCUT2D eigenvalue weighted by atomic mass is 16.4. The molecule has 22 heavy (non-hydrogen) atoms. The van der Waals surface area contributed by atoms with Crippen LogP contribution < -0.4 is 5.32 Å². The first-order chi connectivity index (χ1) is 10.5. The maximum atomic E-state index is 12.3. The predicted octanol–water partition coefficient (Wildman–Crippen LogP) is 2.03. The van der Waals surface area contributed by atoms with E-state index in [-0.39, 0.29) is 17.6 Å². The number of amides is 1. The summed E-state index contributed by atoms with van der Waals surface area (Å²) in [6.45, 7) is 1.67. The highest BCUT2D eigenvalue weighted by molar-refractivity contribution is 5.93. The molecular weight excluding hydrogens is 282 g/mol. The second-order valence-electron chi connectivity index (χ2n) is 5.60. The number of carboxylic acid groups (broad SMARTS) is 1. The molecule has 1 aromatic rings. The Bertz CT molecular complexity index is 622. The van der Waals surface area contributed by atoms with Crippen molar-refractivity contribution in [2.24, 2.45) is 5.92 Å². The van der Waals surface area contributed by atoms with Crippen LogP contribution in [0.1, 0.15) is 53.8 Å². The molecule has 0 unspecified atom stereocenters. The van der Waals surface area contributed by atoms with Gasteiger partial charge < -0.3 is 10.4 Å². The van der Waals surface area contributed by atoms with E-state index in [1.807, 2.05) is 6.07 Å². The van der Waals surface area contributed by atoms with E-state index in [0.29, 0.717) is 24.1 Å². The van der Waals surface area contributed by atoms with Gasteiger partial charge in [0.25, 0.3) is 5.91 Å². The number of nitrogens with one attached hydrogen (secondary N) is 1. The second-order valence-corrected chi connectivity index (χ2v) is 5.60. The Kier molecular flexibility index (Phi) is 5.10. The fourth-order valence-corrected chi connectivity index (χ4v) is 2.82. The third kappa shape index (κ3) is 3.61. The lowest BCUT2D eigenvalue weighted by atomic mass is 9.94. The molecule has 0 aliphatic heterocycles. The van der Waals surface area contributed by atoms with Gasteiger partial charge >= 0.3 is 5.97 Å². The first-order valence-electron chi connectivity index (χ1n) is 7.44. The van der Waals surface area contributed by atoms with E-state index >= 15 is 0 Å². The minimum absolute atomic E-state index is 0.213. The molecule has 1 aliphatic carbocycles. The minimum atomic E-state index is -0.865. The quantitative estimate of drug-likeness (QED) is 0.831. The number of aryl methyl sites for hydroxylation is 1. The molecule has 6 heteroatoms. The molecule has 6 nitrogen and oxygen atoms in total. The first kappa shape index (κ1) is 16.0. The average molecular weight is 301 g/mol. The molecule has 0 saturated heterocycles. The lowest BCUT2D eigenvalue weighted by Gasteiger charge is -2.22. The van der Waals surface area contributed by atoms with Crippen molar-refractivity contribution in [3.8, 4) is 6.07 Å². The monoisotopic (exact) mass is 301 g/mol. The lowest BCUT2D eigenvalue weighted by Crippen LogP contribution is -2.43. The molecular formula is C16H19N3O3. The molecule has 2 N–H and O–H groups in total. The molecule has 1 aromatic heterocycles. The zero-order valence-corrected chi connectivity index (χ0v) is 12.5. The van der Waals surface area contributed by atoms with Gasteiger partial charge in [-0.15, -0.1) is 0 Å². The highest BCUT2D eigenvalue weighted by Crippen LogP contribution is 2.24. The van der Waals surface area contributed by atoms with Gasteiger partial charge in [-0.1, -0.05) is 19.3 Å². The van der Waals surface area contributed by atoms with Crippen LogP contribution >= 0.6 is 0 Å². The molecule has 1 heterocycles. The predicted molar refractivity (Wildman–Crippen MR) is 79.2 cm³/mol. The van der Waals surface area contributed by atoms with Crippen molar-refractivity contribution >= 4 is 11.9 Å². The van der Waals surface area contributed by atoms with E-state index < -0.39 is 11.9 Å². The van der Waals surface area contributed by atoms with Gasteiger partial charge in [0.15, 0.2) is 0 Å². The van der Waals surface area contributed by atoms with Crippen LogP contribution in [0.2, 0.25) is 0 Å². The summed E-state index contributed by atoms with van der Waals surface area (Å²) < 4.78 is 0. The number of carbonyl (C=O) groups excluding carboxylic acids is 1. The molecule has 2 rings (SSSR count). The number of rotatable bonds is 3. The standard InChI is InChI=1S/C16H19N3O3/c1-10-11(9-17)7-8-14(18-10)15(20)19-13-6-4-2-3-5-12(13)16(21)22/h7-8,12-13H,2-6H2,1H3,(H,19,20)(H,21,22)/t12-,13+/m1/s1. The summed E-state index contributed by atoms with van der Waals surface area (Å²) in [6.07, 6.45) is 4.02. The largest absolute Gasteiger partial charge is 0.481 e. The summed E-state index contributed by atoms with van der Waals surface area (Å²) in [7, 11) is 0. The molecule has 0 aromatic carbocycles. The van der Waals surface area contributed by atoms with E-state index in [9.17, 15) is 14.7 Å². The van der Waals surface area contributed by atoms with Gasteiger partial charge in [-0.2, -0.15) is 5.26 Å². The molecule has 1 aliphatic rings. The Labute approximate surface area is 129 Å². The van der Waals surface area contributed by atoms with E-state index in [4.69, 9.17) is 5.26 Å². The molecule has 1 fully saturated rings. The Hall–Kier alpha value is -2.42. The van der Waals surface area contributed by atoms with Gasteiger partial charge in [0, 0.05) is 6.04 Å². The third-order valence-corrected chi connectivity index (χ3v) is 4.09. The zero-order valence-electron chi connectivity index (χ0n) is 12.5. The molecule has 0 radical (unpaired) electrons. The molecule has 0 spiro atoms. The van der Waals surface area contributed by atoms with Crippen LogP contribution in [0.4, 0.5) is 0 Å². The van der Waals surface area contributed by atoms with E-state index in [0.717, 1.165) is 19.3 Å². The van der Waals surface area contributed by atoms with Crippen LogP contribution in [0.25, 0.3) is 0 Å². The van der Waals surface area contributed by atoms with Crippen molar-refractivity contribution in [1.82, 2.24) is 10.3 Å². The van der Waals surface area contributed by atoms with Crippen molar-refractivity contribution in [1.29, 1.82) is 5.26 Å². The van der Waals surface area contributed by atoms with Crippen LogP contribution in [0.5, 0.6) is 0 Å². The van der Waals surface area contributed by atoms with Crippen molar-refractivity contribution in [2.75, 3.05) is 0 Å². The fraction of sp³-hybridized carbons (Fsp3) is 0.500. The SMILES string of the molecule is Cc1nc(C(=O)N[C@H]2CCCCC[C@H]2C(=O)O)ccc1C#N. The Morgan fingerprint density at radius 1 is 1.32 bits per heavy atom. The number of aliphatic carboxylic acids is 1. The van der Waals surface area contributed by atoms with Crippen LogP contribution in [0, 0.1) is 24.2 Å². The van der Waals surface area contributed by atoms with Crippen LogP contribution in [0.3, 0.4) is 0 Å². The van der Waals surface area contributed by atoms with Gasteiger partial charge in [-0.25, -0.2) is 4.98 Å². The van der Waals surface area contributed by atoms with Crippen LogP contribution in [-0.4, -0.2) is 28.0 Å². The Balaban J connectivity index is 2.14. The number of carbonyl (C=O) groups is 2. The maximum Gasteiger partial charge on any atom is 0.308 e. The molecule has 2 atom stereocenters. The zero-order chi connectivity index (χ0) is 16.1. The number of aromatic nitrogens is 1. The summed E-state index contributed by atoms with van der Waals surface area (Å²) in [4.78, 5) is 27.8. The Morgan fingerprint density at radius 2 is 2.05 bits per heavy atom. The number of nitriles is 1. The first-order valence-corrected chi connectivity index (χ1v) is 7.44. The van der Waals surface area contributed by atoms with E-state index in [2.05, 4.69) is 10.3 Å². The van der Waals surface area contributed by atoms with Gasteiger partial charge in [0.1, 0.15) is 11.8 Å². The van der Waals surface area contributed by atoms with Crippen LogP contribution in [-0.2, 0) is 4.79 Å². The number of pyridine rings is 1. The molecule has 0 bridgehead atoms. The van der Waals surface area contributed by atoms with Crippen molar-refractivity contribution in [2.45, 2.75) is 45.1 Å². The van der Waals surface area contributed by atoms with E-state index in [1.54, 1.807) is 13.0 Å². The van der Waals surface area contributed by atoms with Crippen molar-refractivity contribution in [3.63, 3.8) is 0 Å². The fourth-order valence-electron chi connectivity index (χ4n) is 2.82. The number of hydrogen-bond donors (Lipinski definition) is 2. The maximum absolute atomic E-state index is 12.3. The third-order valence-electron chi connectivity index (χ3n) is 4.09. The molecule has 1 saturated carbocycles. The lowest BCUT2D eigenvalue weighted by molar-refractivity contribution is -0.142. The summed E-state index contributed by atoms with van der Waals surface area (Å²) in [5, 5.41) is 21.0. The summed E-state index contributed by atoms with van der Waals surface area (Å²) in [5.41, 5.74) is 1.13. The number of hydrogen-bond acceptors (Lipinski definition) is 4. The van der Waals surface area contributed by atoms with E-state index in [1.165, 1.54) is 6.07 Å². The molecule has 116 valence electrons. The second kappa shape index (κ2) is 7.03. The molecule has 1 amide bonds. The summed E-state index contributed by atoms with van der Waals surface area (Å²) >= 11 is 0. The van der Waals surface area contributed by atoms with Crippen molar-refractivity contribution < 1.29 is 14.7 Å². The normalized spacial score (nSPS) is 21.5. The summed E-state index contributed by atoms with van der Waals surface area (Å²) in [6, 6.07) is 4.68. The number of carboxylic acids is 1. The van der Waals surface area contributed by atoms with Gasteiger partial charge in [0.05, 0.1) is 17.2 Å².